The maximum Gasteiger partial charge on any atom is 0.0233 e. The first kappa shape index (κ1) is 16.2. The van der Waals surface area contributed by atoms with Crippen LogP contribution in [0.5, 0.6) is 0 Å². The second-order valence-corrected chi connectivity index (χ2v) is 5.74. The van der Waals surface area contributed by atoms with Gasteiger partial charge in [0.2, 0.25) is 0 Å². The number of nitrogens with zero attached hydrogens (tertiary/aromatic N) is 1. The molecular formula is C17H30N2. The van der Waals surface area contributed by atoms with E-state index < -0.39 is 0 Å². The second kappa shape index (κ2) is 8.34. The maximum absolute atomic E-state index is 3.45. The Balaban J connectivity index is 2.52. The van der Waals surface area contributed by atoms with Crippen LogP contribution in [0.25, 0.3) is 0 Å². The first-order valence-corrected chi connectivity index (χ1v) is 7.58. The van der Waals surface area contributed by atoms with Gasteiger partial charge in [0.15, 0.2) is 0 Å². The molecule has 0 spiro atoms. The van der Waals surface area contributed by atoms with Gasteiger partial charge in [-0.15, -0.1) is 0 Å². The van der Waals surface area contributed by atoms with E-state index in [4.69, 9.17) is 0 Å². The average molecular weight is 262 g/mol. The van der Waals surface area contributed by atoms with Crippen LogP contribution in [0.4, 0.5) is 0 Å². The highest BCUT2D eigenvalue weighted by Gasteiger charge is 2.10. The van der Waals surface area contributed by atoms with E-state index >= 15 is 0 Å². The zero-order valence-electron chi connectivity index (χ0n) is 13.2. The van der Waals surface area contributed by atoms with Crippen molar-refractivity contribution in [1.29, 1.82) is 0 Å². The number of hydrogen-bond donors (Lipinski definition) is 1. The smallest absolute Gasteiger partial charge is 0.0233 e. The zero-order valence-corrected chi connectivity index (χ0v) is 13.2. The minimum absolute atomic E-state index is 0.542. The zero-order chi connectivity index (χ0) is 14.3. The molecule has 0 aromatic heterocycles. The van der Waals surface area contributed by atoms with E-state index in [1.54, 1.807) is 0 Å². The standard InChI is InChI=1S/C17H30N2/c1-6-17(7-2)19(5)13-16-10-8-15(9-11-16)12-18-14(3)4/h8-11,14,17-18H,6-7,12-13H2,1-5H3. The third-order valence-corrected chi connectivity index (χ3v) is 3.74. The van der Waals surface area contributed by atoms with Gasteiger partial charge >= 0.3 is 0 Å². The van der Waals surface area contributed by atoms with Crippen LogP contribution in [0.1, 0.15) is 51.7 Å². The van der Waals surface area contributed by atoms with Crippen LogP contribution in [0.2, 0.25) is 0 Å². The highest BCUT2D eigenvalue weighted by Crippen LogP contribution is 2.12. The predicted molar refractivity (Wildman–Crippen MR) is 84.3 cm³/mol. The van der Waals surface area contributed by atoms with Gasteiger partial charge in [-0.1, -0.05) is 52.0 Å². The van der Waals surface area contributed by atoms with Gasteiger partial charge in [-0.2, -0.15) is 0 Å². The Kier molecular flexibility index (Phi) is 7.11. The molecule has 0 saturated carbocycles. The quantitative estimate of drug-likeness (QED) is 0.766. The van der Waals surface area contributed by atoms with E-state index in [0.717, 1.165) is 13.1 Å². The van der Waals surface area contributed by atoms with Crippen LogP contribution in [-0.4, -0.2) is 24.0 Å². The van der Waals surface area contributed by atoms with Crippen molar-refractivity contribution in [3.63, 3.8) is 0 Å². The van der Waals surface area contributed by atoms with E-state index in [2.05, 4.69) is 69.2 Å². The topological polar surface area (TPSA) is 15.3 Å². The number of hydrogen-bond acceptors (Lipinski definition) is 2. The van der Waals surface area contributed by atoms with Gasteiger partial charge in [-0.3, -0.25) is 4.90 Å². The fourth-order valence-electron chi connectivity index (χ4n) is 2.41. The summed E-state index contributed by atoms with van der Waals surface area (Å²) >= 11 is 0. The molecule has 108 valence electrons. The van der Waals surface area contributed by atoms with Crippen molar-refractivity contribution >= 4 is 0 Å². The second-order valence-electron chi connectivity index (χ2n) is 5.74. The fourth-order valence-corrected chi connectivity index (χ4v) is 2.41. The Bertz CT molecular complexity index is 339. The lowest BCUT2D eigenvalue weighted by molar-refractivity contribution is 0.222. The fraction of sp³-hybridized carbons (Fsp3) is 0.647. The molecule has 0 radical (unpaired) electrons. The molecule has 0 bridgehead atoms. The Morgan fingerprint density at radius 2 is 1.53 bits per heavy atom. The number of rotatable bonds is 8. The Morgan fingerprint density at radius 1 is 1.00 bits per heavy atom. The van der Waals surface area contributed by atoms with Gasteiger partial charge in [0.1, 0.15) is 0 Å². The van der Waals surface area contributed by atoms with Crippen molar-refractivity contribution in [2.24, 2.45) is 0 Å². The van der Waals surface area contributed by atoms with Crippen LogP contribution in [-0.2, 0) is 13.1 Å². The highest BCUT2D eigenvalue weighted by atomic mass is 15.1. The molecule has 19 heavy (non-hydrogen) atoms. The van der Waals surface area contributed by atoms with Crippen molar-refractivity contribution in [2.45, 2.75) is 65.7 Å². The molecule has 0 fully saturated rings. The summed E-state index contributed by atoms with van der Waals surface area (Å²) in [7, 11) is 2.23. The summed E-state index contributed by atoms with van der Waals surface area (Å²) in [6.45, 7) is 10.9. The van der Waals surface area contributed by atoms with E-state index in [9.17, 15) is 0 Å². The Hall–Kier alpha value is -0.860. The van der Waals surface area contributed by atoms with Gasteiger partial charge in [0, 0.05) is 25.2 Å². The first-order valence-electron chi connectivity index (χ1n) is 7.58. The third-order valence-electron chi connectivity index (χ3n) is 3.74. The number of benzene rings is 1. The molecule has 1 rings (SSSR count). The summed E-state index contributed by atoms with van der Waals surface area (Å²) in [6, 6.07) is 10.2. The summed E-state index contributed by atoms with van der Waals surface area (Å²) in [5.41, 5.74) is 2.77. The van der Waals surface area contributed by atoms with Crippen molar-refractivity contribution in [2.75, 3.05) is 7.05 Å². The van der Waals surface area contributed by atoms with Crippen molar-refractivity contribution in [3.05, 3.63) is 35.4 Å². The average Bonchev–Trinajstić information content (AvgIpc) is 2.39. The van der Waals surface area contributed by atoms with Gasteiger partial charge < -0.3 is 5.32 Å². The van der Waals surface area contributed by atoms with Crippen LogP contribution < -0.4 is 5.32 Å². The first-order chi connectivity index (χ1) is 9.06. The summed E-state index contributed by atoms with van der Waals surface area (Å²) in [5.74, 6) is 0. The monoisotopic (exact) mass is 262 g/mol. The molecule has 0 aliphatic heterocycles. The summed E-state index contributed by atoms with van der Waals surface area (Å²) in [5, 5.41) is 3.45. The SMILES string of the molecule is CCC(CC)N(C)Cc1ccc(CNC(C)C)cc1. The van der Waals surface area contributed by atoms with Crippen molar-refractivity contribution < 1.29 is 0 Å². The van der Waals surface area contributed by atoms with Crippen molar-refractivity contribution in [3.8, 4) is 0 Å². The maximum atomic E-state index is 3.45. The molecule has 0 aliphatic carbocycles. The molecule has 0 aliphatic rings. The molecule has 1 aromatic carbocycles. The van der Waals surface area contributed by atoms with E-state index in [1.807, 2.05) is 0 Å². The Labute approximate surface area is 119 Å². The number of nitrogens with one attached hydrogen (secondary N) is 1. The lowest BCUT2D eigenvalue weighted by Gasteiger charge is -2.26. The van der Waals surface area contributed by atoms with Gasteiger partial charge in [0.25, 0.3) is 0 Å². The summed E-state index contributed by atoms with van der Waals surface area (Å²) in [4.78, 5) is 2.46. The molecule has 1 aromatic rings. The molecule has 0 unspecified atom stereocenters. The lowest BCUT2D eigenvalue weighted by Crippen LogP contribution is -2.29. The molecule has 1 N–H and O–H groups in total. The van der Waals surface area contributed by atoms with E-state index in [0.29, 0.717) is 12.1 Å². The van der Waals surface area contributed by atoms with E-state index in [-0.39, 0.29) is 0 Å². The molecule has 0 heterocycles. The van der Waals surface area contributed by atoms with Gasteiger partial charge in [0.05, 0.1) is 0 Å². The minimum Gasteiger partial charge on any atom is -0.310 e. The molecule has 2 nitrogen and oxygen atoms in total. The normalized spacial score (nSPS) is 11.8. The van der Waals surface area contributed by atoms with Crippen LogP contribution in [0.3, 0.4) is 0 Å². The van der Waals surface area contributed by atoms with Crippen LogP contribution in [0, 0.1) is 0 Å². The molecule has 0 amide bonds. The lowest BCUT2D eigenvalue weighted by atomic mass is 10.1. The van der Waals surface area contributed by atoms with Gasteiger partial charge in [-0.05, 0) is 31.0 Å². The highest BCUT2D eigenvalue weighted by molar-refractivity contribution is 5.22. The molecule has 0 atom stereocenters. The van der Waals surface area contributed by atoms with Crippen molar-refractivity contribution in [1.82, 2.24) is 10.2 Å². The third kappa shape index (κ3) is 5.75. The van der Waals surface area contributed by atoms with E-state index in [1.165, 1.54) is 24.0 Å². The molecule has 0 saturated heterocycles. The molecular weight excluding hydrogens is 232 g/mol. The summed E-state index contributed by atoms with van der Waals surface area (Å²) in [6.07, 6.45) is 2.45. The minimum atomic E-state index is 0.542. The van der Waals surface area contributed by atoms with Crippen LogP contribution >= 0.6 is 0 Å². The summed E-state index contributed by atoms with van der Waals surface area (Å²) < 4.78 is 0. The molecule has 2 heteroatoms. The largest absolute Gasteiger partial charge is 0.310 e. The predicted octanol–water partition coefficient (Wildman–Crippen LogP) is 3.81. The Morgan fingerprint density at radius 3 is 2.00 bits per heavy atom. The van der Waals surface area contributed by atoms with Crippen LogP contribution in [0.15, 0.2) is 24.3 Å². The van der Waals surface area contributed by atoms with Gasteiger partial charge in [-0.25, -0.2) is 0 Å².